The second kappa shape index (κ2) is 9.98. The number of hydrogen-bond acceptors (Lipinski definition) is 6. The van der Waals surface area contributed by atoms with Gasteiger partial charge in [0.25, 0.3) is 5.69 Å². The number of carbonyl (C=O) groups excluding carboxylic acids is 1. The van der Waals surface area contributed by atoms with Gasteiger partial charge in [-0.1, -0.05) is 18.2 Å². The minimum atomic E-state index is -0.407. The molecule has 0 bridgehead atoms. The Kier molecular flexibility index (Phi) is 6.42. The van der Waals surface area contributed by atoms with Gasteiger partial charge in [0.15, 0.2) is 11.5 Å². The minimum absolute atomic E-state index is 0.0669. The smallest absolute Gasteiger partial charge is 0.269 e. The monoisotopic (exact) mass is 496 g/mol. The van der Waals surface area contributed by atoms with Gasteiger partial charge in [-0.2, -0.15) is 5.10 Å². The van der Waals surface area contributed by atoms with Gasteiger partial charge < -0.3 is 14.0 Å². The van der Waals surface area contributed by atoms with Crippen LogP contribution in [-0.2, 0) is 11.2 Å². The fourth-order valence-corrected chi connectivity index (χ4v) is 4.34. The highest BCUT2D eigenvalue weighted by Gasteiger charge is 2.15. The molecule has 4 aromatic rings. The lowest BCUT2D eigenvalue weighted by Crippen LogP contribution is -2.19. The van der Waals surface area contributed by atoms with E-state index in [9.17, 15) is 14.9 Å². The van der Waals surface area contributed by atoms with Gasteiger partial charge in [-0.05, 0) is 73.0 Å². The topological polar surface area (TPSA) is 108 Å². The number of ether oxygens (including phenoxy) is 2. The number of aryl methyl sites for hydroxylation is 1. The molecule has 0 aliphatic carbocycles. The van der Waals surface area contributed by atoms with Crippen LogP contribution in [-0.4, -0.2) is 28.4 Å². The van der Waals surface area contributed by atoms with E-state index < -0.39 is 4.92 Å². The van der Waals surface area contributed by atoms with Crippen molar-refractivity contribution >= 4 is 17.8 Å². The molecule has 9 nitrogen and oxygen atoms in total. The number of hydrazone groups is 1. The summed E-state index contributed by atoms with van der Waals surface area (Å²) in [6.07, 6.45) is 1.82. The summed E-state index contributed by atoms with van der Waals surface area (Å²) in [6, 6.07) is 21.9. The standard InChI is InChI=1S/C28H24N4O5/c1-18-13-23(16-29-30-28(33)15-20-3-12-26-27(14-20)37-17-36-26)19(2)31(18)24-8-4-21(5-9-24)22-6-10-25(11-7-22)32(34)35/h3-14,16H,15,17H2,1-2H3,(H,30,33)/b29-16-. The van der Waals surface area contributed by atoms with Crippen LogP contribution in [0.3, 0.4) is 0 Å². The molecule has 1 amide bonds. The average Bonchev–Trinajstić information content (AvgIpc) is 3.47. The number of non-ortho nitro benzene ring substituents is 1. The Hall–Kier alpha value is -4.92. The maximum absolute atomic E-state index is 12.3. The maximum atomic E-state index is 12.3. The van der Waals surface area contributed by atoms with Crippen molar-refractivity contribution in [1.29, 1.82) is 0 Å². The SMILES string of the molecule is Cc1cc(/C=N\NC(=O)Cc2ccc3c(c2)OCO3)c(C)n1-c1ccc(-c2ccc([N+](=O)[O-])cc2)cc1. The summed E-state index contributed by atoms with van der Waals surface area (Å²) in [5.74, 6) is 1.09. The van der Waals surface area contributed by atoms with Crippen LogP contribution in [0.25, 0.3) is 16.8 Å². The normalized spacial score (nSPS) is 12.2. The molecule has 0 fully saturated rings. The van der Waals surface area contributed by atoms with Crippen LogP contribution < -0.4 is 14.9 Å². The molecule has 1 aliphatic heterocycles. The lowest BCUT2D eigenvalue weighted by molar-refractivity contribution is -0.384. The quantitative estimate of drug-likeness (QED) is 0.218. The van der Waals surface area contributed by atoms with E-state index in [0.29, 0.717) is 11.5 Å². The van der Waals surface area contributed by atoms with Gasteiger partial charge in [-0.15, -0.1) is 0 Å². The van der Waals surface area contributed by atoms with Gasteiger partial charge in [0.2, 0.25) is 12.7 Å². The molecule has 186 valence electrons. The van der Waals surface area contributed by atoms with Crippen LogP contribution in [0.2, 0.25) is 0 Å². The van der Waals surface area contributed by atoms with Gasteiger partial charge in [-0.25, -0.2) is 5.43 Å². The Morgan fingerprint density at radius 1 is 1.00 bits per heavy atom. The highest BCUT2D eigenvalue weighted by atomic mass is 16.7. The van der Waals surface area contributed by atoms with Crippen LogP contribution in [0, 0.1) is 24.0 Å². The highest BCUT2D eigenvalue weighted by molar-refractivity contribution is 5.85. The molecule has 1 aliphatic rings. The van der Waals surface area contributed by atoms with E-state index in [1.165, 1.54) is 12.1 Å². The largest absolute Gasteiger partial charge is 0.454 e. The van der Waals surface area contributed by atoms with Gasteiger partial charge in [-0.3, -0.25) is 14.9 Å². The Labute approximate surface area is 213 Å². The summed E-state index contributed by atoms with van der Waals surface area (Å²) in [7, 11) is 0. The molecule has 1 aromatic heterocycles. The summed E-state index contributed by atoms with van der Waals surface area (Å²) < 4.78 is 12.8. The van der Waals surface area contributed by atoms with Gasteiger partial charge in [0, 0.05) is 34.8 Å². The highest BCUT2D eigenvalue weighted by Crippen LogP contribution is 2.32. The molecule has 0 spiro atoms. The number of nitro benzene ring substituents is 1. The summed E-state index contributed by atoms with van der Waals surface area (Å²) in [4.78, 5) is 22.8. The lowest BCUT2D eigenvalue weighted by Gasteiger charge is -2.11. The van der Waals surface area contributed by atoms with Crippen molar-refractivity contribution in [1.82, 2.24) is 9.99 Å². The Bertz CT molecular complexity index is 1510. The zero-order valence-corrected chi connectivity index (χ0v) is 20.3. The van der Waals surface area contributed by atoms with E-state index in [4.69, 9.17) is 9.47 Å². The number of nitro groups is 1. The third-order valence-electron chi connectivity index (χ3n) is 6.20. The van der Waals surface area contributed by atoms with Crippen molar-refractivity contribution in [2.75, 3.05) is 6.79 Å². The van der Waals surface area contributed by atoms with Gasteiger partial charge in [0.05, 0.1) is 17.6 Å². The molecule has 2 heterocycles. The van der Waals surface area contributed by atoms with Crippen LogP contribution in [0.15, 0.2) is 77.9 Å². The van der Waals surface area contributed by atoms with Crippen LogP contribution in [0.5, 0.6) is 11.5 Å². The number of rotatable bonds is 7. The number of amides is 1. The Balaban J connectivity index is 1.25. The van der Waals surface area contributed by atoms with Crippen molar-refractivity contribution in [3.8, 4) is 28.3 Å². The third kappa shape index (κ3) is 5.06. The summed E-state index contributed by atoms with van der Waals surface area (Å²) >= 11 is 0. The van der Waals surface area contributed by atoms with Gasteiger partial charge >= 0.3 is 0 Å². The summed E-state index contributed by atoms with van der Waals surface area (Å²) in [5.41, 5.74) is 9.21. The first-order chi connectivity index (χ1) is 17.9. The van der Waals surface area contributed by atoms with E-state index in [1.54, 1.807) is 30.5 Å². The van der Waals surface area contributed by atoms with Crippen LogP contribution in [0.1, 0.15) is 22.5 Å². The van der Waals surface area contributed by atoms with E-state index >= 15 is 0 Å². The predicted molar refractivity (Wildman–Crippen MR) is 139 cm³/mol. The van der Waals surface area contributed by atoms with Crippen LogP contribution in [0.4, 0.5) is 5.69 Å². The number of nitrogens with zero attached hydrogens (tertiary/aromatic N) is 3. The number of carbonyl (C=O) groups is 1. The van der Waals surface area contributed by atoms with Crippen molar-refractivity contribution in [3.63, 3.8) is 0 Å². The van der Waals surface area contributed by atoms with Crippen molar-refractivity contribution in [2.45, 2.75) is 20.3 Å². The van der Waals surface area contributed by atoms with Crippen LogP contribution >= 0.6 is 0 Å². The average molecular weight is 497 g/mol. The van der Waals surface area contributed by atoms with Crippen molar-refractivity contribution < 1.29 is 19.2 Å². The Morgan fingerprint density at radius 2 is 1.68 bits per heavy atom. The molecular formula is C28H24N4O5. The predicted octanol–water partition coefficient (Wildman–Crippen LogP) is 5.09. The number of aromatic nitrogens is 1. The fraction of sp³-hybridized carbons (Fsp3) is 0.143. The Morgan fingerprint density at radius 3 is 2.38 bits per heavy atom. The molecule has 5 rings (SSSR count). The fourth-order valence-electron chi connectivity index (χ4n) is 4.34. The molecule has 37 heavy (non-hydrogen) atoms. The second-order valence-corrected chi connectivity index (χ2v) is 8.67. The van der Waals surface area contributed by atoms with Crippen molar-refractivity contribution in [3.05, 3.63) is 105 Å². The molecule has 0 saturated heterocycles. The molecule has 1 N–H and O–H groups in total. The van der Waals surface area contributed by atoms with E-state index in [1.807, 2.05) is 50.2 Å². The zero-order valence-electron chi connectivity index (χ0n) is 20.3. The van der Waals surface area contributed by atoms with Gasteiger partial charge in [0.1, 0.15) is 0 Å². The number of hydrogen-bond donors (Lipinski definition) is 1. The lowest BCUT2D eigenvalue weighted by atomic mass is 10.0. The summed E-state index contributed by atoms with van der Waals surface area (Å²) in [5, 5.41) is 15.0. The first kappa shape index (κ1) is 23.8. The first-order valence-corrected chi connectivity index (χ1v) is 11.6. The molecule has 3 aromatic carbocycles. The minimum Gasteiger partial charge on any atom is -0.454 e. The van der Waals surface area contributed by atoms with E-state index in [2.05, 4.69) is 15.1 Å². The zero-order chi connectivity index (χ0) is 25.9. The molecule has 0 atom stereocenters. The summed E-state index contributed by atoms with van der Waals surface area (Å²) in [6.45, 7) is 4.19. The van der Waals surface area contributed by atoms with E-state index in [0.717, 1.165) is 39.3 Å². The number of fused-ring (bicyclic) bond motifs is 1. The number of benzene rings is 3. The molecule has 0 saturated carbocycles. The molecule has 0 unspecified atom stereocenters. The first-order valence-electron chi connectivity index (χ1n) is 11.6. The molecular weight excluding hydrogens is 472 g/mol. The van der Waals surface area contributed by atoms with Crippen molar-refractivity contribution in [2.24, 2.45) is 5.10 Å². The van der Waals surface area contributed by atoms with E-state index in [-0.39, 0.29) is 24.8 Å². The maximum Gasteiger partial charge on any atom is 0.269 e. The second-order valence-electron chi connectivity index (χ2n) is 8.67. The number of nitrogens with one attached hydrogen (secondary N) is 1. The molecule has 0 radical (unpaired) electrons. The third-order valence-corrected chi connectivity index (χ3v) is 6.20. The molecule has 9 heteroatoms.